The van der Waals surface area contributed by atoms with Crippen LogP contribution in [0.2, 0.25) is 0 Å². The van der Waals surface area contributed by atoms with E-state index in [1.165, 1.54) is 23.1 Å². The predicted molar refractivity (Wildman–Crippen MR) is 150 cm³/mol. The van der Waals surface area contributed by atoms with Crippen LogP contribution in [0.3, 0.4) is 0 Å². The zero-order valence-electron chi connectivity index (χ0n) is 20.1. The number of carbonyl (C=O) groups excluding carboxylic acids is 2. The lowest BCUT2D eigenvalue weighted by Crippen LogP contribution is -2.24. The number of ether oxygens (including phenoxy) is 1. The number of benzene rings is 3. The zero-order valence-corrected chi connectivity index (χ0v) is 21.8. The Morgan fingerprint density at radius 1 is 1.00 bits per heavy atom. The van der Waals surface area contributed by atoms with Crippen molar-refractivity contribution in [3.05, 3.63) is 95.9 Å². The van der Waals surface area contributed by atoms with Crippen molar-refractivity contribution >= 4 is 45.6 Å². The molecule has 0 saturated heterocycles. The SMILES string of the molecule is CCC(Sc1cccc(NC(=O)COc2ccccc2)c1)C(=O)Nc1scc(-c2ccccc2)c1C#N. The summed E-state index contributed by atoms with van der Waals surface area (Å²) in [5.41, 5.74) is 2.83. The maximum absolute atomic E-state index is 13.1. The molecule has 0 aliphatic heterocycles. The third-order valence-electron chi connectivity index (χ3n) is 5.40. The van der Waals surface area contributed by atoms with E-state index in [1.807, 2.05) is 79.0 Å². The Bertz CT molecular complexity index is 1400. The Labute approximate surface area is 224 Å². The van der Waals surface area contributed by atoms with Crippen LogP contribution in [0.15, 0.2) is 95.2 Å². The number of para-hydroxylation sites is 1. The number of hydrogen-bond donors (Lipinski definition) is 2. The van der Waals surface area contributed by atoms with Crippen LogP contribution in [0.1, 0.15) is 18.9 Å². The number of rotatable bonds is 10. The minimum absolute atomic E-state index is 0.103. The molecular formula is C29H25N3O3S2. The third kappa shape index (κ3) is 7.00. The minimum atomic E-state index is -0.374. The molecule has 0 spiro atoms. The lowest BCUT2D eigenvalue weighted by molar-refractivity contribution is -0.118. The Morgan fingerprint density at radius 3 is 2.43 bits per heavy atom. The van der Waals surface area contributed by atoms with Gasteiger partial charge in [0.2, 0.25) is 5.91 Å². The molecule has 186 valence electrons. The summed E-state index contributed by atoms with van der Waals surface area (Å²) in [5.74, 6) is 0.183. The monoisotopic (exact) mass is 527 g/mol. The summed E-state index contributed by atoms with van der Waals surface area (Å²) in [7, 11) is 0. The lowest BCUT2D eigenvalue weighted by Gasteiger charge is -2.15. The molecule has 0 bridgehead atoms. The van der Waals surface area contributed by atoms with Crippen molar-refractivity contribution in [2.45, 2.75) is 23.5 Å². The van der Waals surface area contributed by atoms with Gasteiger partial charge in [0.1, 0.15) is 16.8 Å². The second-order valence-corrected chi connectivity index (χ2v) is 10.2. The van der Waals surface area contributed by atoms with Crippen LogP contribution in [0, 0.1) is 11.3 Å². The zero-order chi connectivity index (χ0) is 26.0. The molecule has 37 heavy (non-hydrogen) atoms. The molecule has 0 aliphatic rings. The molecule has 1 atom stereocenters. The van der Waals surface area contributed by atoms with Crippen molar-refractivity contribution in [1.29, 1.82) is 5.26 Å². The largest absolute Gasteiger partial charge is 0.484 e. The first-order chi connectivity index (χ1) is 18.1. The van der Waals surface area contributed by atoms with Crippen molar-refractivity contribution in [1.82, 2.24) is 0 Å². The van der Waals surface area contributed by atoms with E-state index in [1.54, 1.807) is 18.2 Å². The van der Waals surface area contributed by atoms with Crippen LogP contribution in [0.4, 0.5) is 10.7 Å². The molecule has 2 amide bonds. The highest BCUT2D eigenvalue weighted by Gasteiger charge is 2.22. The molecule has 2 N–H and O–H groups in total. The fourth-order valence-electron chi connectivity index (χ4n) is 3.58. The highest BCUT2D eigenvalue weighted by atomic mass is 32.2. The highest BCUT2D eigenvalue weighted by Crippen LogP contribution is 2.36. The van der Waals surface area contributed by atoms with Gasteiger partial charge in [-0.05, 0) is 42.3 Å². The van der Waals surface area contributed by atoms with Crippen molar-refractivity contribution in [2.75, 3.05) is 17.2 Å². The summed E-state index contributed by atoms with van der Waals surface area (Å²) in [6, 6.07) is 28.4. The first-order valence-electron chi connectivity index (χ1n) is 11.7. The number of nitriles is 1. The van der Waals surface area contributed by atoms with E-state index in [0.29, 0.717) is 28.4 Å². The van der Waals surface area contributed by atoms with Crippen molar-refractivity contribution in [3.8, 4) is 22.9 Å². The van der Waals surface area contributed by atoms with Crippen molar-refractivity contribution < 1.29 is 14.3 Å². The van der Waals surface area contributed by atoms with Gasteiger partial charge in [-0.15, -0.1) is 23.1 Å². The van der Waals surface area contributed by atoms with Gasteiger partial charge in [0.15, 0.2) is 6.61 Å². The molecular weight excluding hydrogens is 502 g/mol. The quantitative estimate of drug-likeness (QED) is 0.221. The summed E-state index contributed by atoms with van der Waals surface area (Å²) in [6.45, 7) is 1.84. The Kier molecular flexibility index (Phi) is 8.98. The fraction of sp³-hybridized carbons (Fsp3) is 0.138. The normalized spacial score (nSPS) is 11.2. The van der Waals surface area contributed by atoms with Crippen LogP contribution in [-0.4, -0.2) is 23.7 Å². The first-order valence-corrected chi connectivity index (χ1v) is 13.5. The molecule has 0 radical (unpaired) electrons. The number of nitrogens with zero attached hydrogens (tertiary/aromatic N) is 1. The van der Waals surface area contributed by atoms with Crippen LogP contribution in [0.5, 0.6) is 5.75 Å². The van der Waals surface area contributed by atoms with Gasteiger partial charge in [0, 0.05) is 21.5 Å². The Hall–Kier alpha value is -4.06. The molecule has 3 aromatic carbocycles. The van der Waals surface area contributed by atoms with E-state index in [2.05, 4.69) is 16.7 Å². The fourth-order valence-corrected chi connectivity index (χ4v) is 5.52. The van der Waals surface area contributed by atoms with Gasteiger partial charge in [-0.3, -0.25) is 9.59 Å². The second-order valence-electron chi connectivity index (χ2n) is 8.01. The molecule has 8 heteroatoms. The molecule has 6 nitrogen and oxygen atoms in total. The standard InChI is InChI=1S/C29H25N3O3S2/c1-2-26(28(34)32-29-24(17-30)25(19-36-29)20-10-5-3-6-11-20)37-23-15-9-12-21(16-23)31-27(33)18-35-22-13-7-4-8-14-22/h3-16,19,26H,2,18H2,1H3,(H,31,33)(H,32,34). The van der Waals surface area contributed by atoms with Gasteiger partial charge in [-0.25, -0.2) is 0 Å². The molecule has 1 heterocycles. The van der Waals surface area contributed by atoms with E-state index in [4.69, 9.17) is 4.74 Å². The number of hydrogen-bond acceptors (Lipinski definition) is 6. The molecule has 1 unspecified atom stereocenters. The van der Waals surface area contributed by atoms with E-state index < -0.39 is 0 Å². The van der Waals surface area contributed by atoms with Gasteiger partial charge in [-0.1, -0.05) is 61.5 Å². The molecule has 4 aromatic rings. The number of thiophene rings is 1. The molecule has 0 aliphatic carbocycles. The highest BCUT2D eigenvalue weighted by molar-refractivity contribution is 8.00. The van der Waals surface area contributed by atoms with E-state index >= 15 is 0 Å². The van der Waals surface area contributed by atoms with Gasteiger partial charge in [0.05, 0.1) is 10.8 Å². The second kappa shape index (κ2) is 12.8. The number of thioether (sulfide) groups is 1. The topological polar surface area (TPSA) is 91.2 Å². The van der Waals surface area contributed by atoms with Crippen LogP contribution >= 0.6 is 23.1 Å². The number of carbonyl (C=O) groups is 2. The van der Waals surface area contributed by atoms with Crippen LogP contribution < -0.4 is 15.4 Å². The molecule has 1 aromatic heterocycles. The molecule has 4 rings (SSSR count). The van der Waals surface area contributed by atoms with Gasteiger partial charge >= 0.3 is 0 Å². The van der Waals surface area contributed by atoms with Crippen LogP contribution in [0.25, 0.3) is 11.1 Å². The smallest absolute Gasteiger partial charge is 0.262 e. The van der Waals surface area contributed by atoms with Gasteiger partial charge < -0.3 is 15.4 Å². The summed E-state index contributed by atoms with van der Waals surface area (Å²) in [6.07, 6.45) is 0.594. The van der Waals surface area contributed by atoms with Gasteiger partial charge in [-0.2, -0.15) is 5.26 Å². The Morgan fingerprint density at radius 2 is 1.73 bits per heavy atom. The van der Waals surface area contributed by atoms with E-state index in [9.17, 15) is 14.9 Å². The molecule has 0 saturated carbocycles. The number of nitrogens with one attached hydrogen (secondary N) is 2. The first kappa shape index (κ1) is 26.0. The lowest BCUT2D eigenvalue weighted by atomic mass is 10.1. The van der Waals surface area contributed by atoms with Gasteiger partial charge in [0.25, 0.3) is 5.91 Å². The number of anilines is 2. The summed E-state index contributed by atoms with van der Waals surface area (Å²) in [4.78, 5) is 26.3. The molecule has 0 fully saturated rings. The maximum atomic E-state index is 13.1. The average Bonchev–Trinajstić information content (AvgIpc) is 3.34. The predicted octanol–water partition coefficient (Wildman–Crippen LogP) is 6.81. The Balaban J connectivity index is 1.38. The van der Waals surface area contributed by atoms with E-state index in [0.717, 1.165) is 16.0 Å². The maximum Gasteiger partial charge on any atom is 0.262 e. The summed E-state index contributed by atoms with van der Waals surface area (Å²) < 4.78 is 5.50. The summed E-state index contributed by atoms with van der Waals surface area (Å²) >= 11 is 2.76. The van der Waals surface area contributed by atoms with E-state index in [-0.39, 0.29) is 23.7 Å². The number of amides is 2. The van der Waals surface area contributed by atoms with Crippen molar-refractivity contribution in [2.24, 2.45) is 0 Å². The summed E-state index contributed by atoms with van der Waals surface area (Å²) in [5, 5.41) is 17.6. The average molecular weight is 528 g/mol. The van der Waals surface area contributed by atoms with Crippen molar-refractivity contribution in [3.63, 3.8) is 0 Å². The minimum Gasteiger partial charge on any atom is -0.484 e. The van der Waals surface area contributed by atoms with Crippen LogP contribution in [-0.2, 0) is 9.59 Å². The third-order valence-corrected chi connectivity index (χ3v) is 7.65.